The van der Waals surface area contributed by atoms with Gasteiger partial charge in [-0.1, -0.05) is 6.92 Å². The van der Waals surface area contributed by atoms with Gasteiger partial charge >= 0.3 is 0 Å². The van der Waals surface area contributed by atoms with Crippen LogP contribution in [0.1, 0.15) is 25.6 Å². The number of rotatable bonds is 8. The first kappa shape index (κ1) is 12.2. The Labute approximate surface area is 91.4 Å². The number of imidazole rings is 1. The van der Waals surface area contributed by atoms with Crippen molar-refractivity contribution >= 4 is 0 Å². The number of H-pyrrole nitrogens is 1. The van der Waals surface area contributed by atoms with Crippen LogP contribution in [-0.2, 0) is 11.2 Å². The Morgan fingerprint density at radius 3 is 3.07 bits per heavy atom. The van der Waals surface area contributed by atoms with E-state index in [1.54, 1.807) is 13.3 Å². The number of hydrogen-bond donors (Lipinski definition) is 2. The normalized spacial score (nSPS) is 12.9. The molecule has 0 saturated heterocycles. The zero-order valence-electron chi connectivity index (χ0n) is 9.62. The van der Waals surface area contributed by atoms with Gasteiger partial charge in [-0.2, -0.15) is 0 Å². The second kappa shape index (κ2) is 7.43. The van der Waals surface area contributed by atoms with Gasteiger partial charge in [0.2, 0.25) is 0 Å². The third kappa shape index (κ3) is 4.95. The van der Waals surface area contributed by atoms with Gasteiger partial charge in [0.15, 0.2) is 0 Å². The average Bonchev–Trinajstić information content (AvgIpc) is 2.75. The SMILES string of the molecule is CCC(COC)NCCCc1ncc[nH]1. The first-order valence-corrected chi connectivity index (χ1v) is 5.57. The molecule has 0 saturated carbocycles. The van der Waals surface area contributed by atoms with Crippen molar-refractivity contribution < 1.29 is 4.74 Å². The van der Waals surface area contributed by atoms with Crippen molar-refractivity contribution in [1.82, 2.24) is 15.3 Å². The fraction of sp³-hybridized carbons (Fsp3) is 0.727. The Kier molecular flexibility index (Phi) is 6.04. The summed E-state index contributed by atoms with van der Waals surface area (Å²) in [5.41, 5.74) is 0. The summed E-state index contributed by atoms with van der Waals surface area (Å²) in [5, 5.41) is 3.47. The molecule has 0 aromatic carbocycles. The molecular formula is C11H21N3O. The highest BCUT2D eigenvalue weighted by atomic mass is 16.5. The van der Waals surface area contributed by atoms with Gasteiger partial charge in [0.25, 0.3) is 0 Å². The van der Waals surface area contributed by atoms with Crippen LogP contribution >= 0.6 is 0 Å². The molecule has 0 aliphatic heterocycles. The quantitative estimate of drug-likeness (QED) is 0.638. The Morgan fingerprint density at radius 2 is 2.47 bits per heavy atom. The van der Waals surface area contributed by atoms with Crippen LogP contribution in [0.5, 0.6) is 0 Å². The van der Waals surface area contributed by atoms with Gasteiger partial charge in [0.1, 0.15) is 5.82 Å². The molecular weight excluding hydrogens is 190 g/mol. The summed E-state index contributed by atoms with van der Waals surface area (Å²) in [5.74, 6) is 1.07. The number of nitrogens with zero attached hydrogens (tertiary/aromatic N) is 1. The molecule has 0 bridgehead atoms. The molecule has 1 heterocycles. The molecule has 2 N–H and O–H groups in total. The minimum Gasteiger partial charge on any atom is -0.383 e. The van der Waals surface area contributed by atoms with Crippen molar-refractivity contribution in [2.45, 2.75) is 32.2 Å². The van der Waals surface area contributed by atoms with Gasteiger partial charge in [-0.15, -0.1) is 0 Å². The highest BCUT2D eigenvalue weighted by Crippen LogP contribution is 1.96. The van der Waals surface area contributed by atoms with Gasteiger partial charge in [-0.25, -0.2) is 4.98 Å². The predicted molar refractivity (Wildman–Crippen MR) is 60.9 cm³/mol. The van der Waals surface area contributed by atoms with E-state index < -0.39 is 0 Å². The number of ether oxygens (including phenoxy) is 1. The topological polar surface area (TPSA) is 49.9 Å². The number of hydrogen-bond acceptors (Lipinski definition) is 3. The zero-order chi connectivity index (χ0) is 10.9. The highest BCUT2D eigenvalue weighted by molar-refractivity contribution is 4.86. The van der Waals surface area contributed by atoms with Crippen LogP contribution in [-0.4, -0.2) is 36.3 Å². The average molecular weight is 211 g/mol. The summed E-state index contributed by atoms with van der Waals surface area (Å²) in [6.07, 6.45) is 6.87. The van der Waals surface area contributed by atoms with Crippen molar-refractivity contribution in [2.24, 2.45) is 0 Å². The molecule has 0 radical (unpaired) electrons. The van der Waals surface area contributed by atoms with E-state index in [1.165, 1.54) is 0 Å². The molecule has 1 rings (SSSR count). The first-order chi connectivity index (χ1) is 7.36. The highest BCUT2D eigenvalue weighted by Gasteiger charge is 2.03. The molecule has 86 valence electrons. The van der Waals surface area contributed by atoms with E-state index >= 15 is 0 Å². The number of aromatic nitrogens is 2. The second-order valence-corrected chi connectivity index (χ2v) is 3.65. The fourth-order valence-electron chi connectivity index (χ4n) is 1.52. The van der Waals surface area contributed by atoms with E-state index in [0.717, 1.165) is 38.2 Å². The largest absolute Gasteiger partial charge is 0.383 e. The van der Waals surface area contributed by atoms with Crippen LogP contribution < -0.4 is 5.32 Å². The van der Waals surface area contributed by atoms with Crippen molar-refractivity contribution in [3.8, 4) is 0 Å². The summed E-state index contributed by atoms with van der Waals surface area (Å²) in [4.78, 5) is 7.28. The third-order valence-electron chi connectivity index (χ3n) is 2.44. The van der Waals surface area contributed by atoms with E-state index in [1.807, 2.05) is 6.20 Å². The minimum atomic E-state index is 0.478. The van der Waals surface area contributed by atoms with Crippen LogP contribution in [0, 0.1) is 0 Å². The molecule has 1 atom stereocenters. The Hall–Kier alpha value is -0.870. The van der Waals surface area contributed by atoms with Gasteiger partial charge in [0, 0.05) is 32.0 Å². The maximum absolute atomic E-state index is 5.12. The first-order valence-electron chi connectivity index (χ1n) is 5.57. The zero-order valence-corrected chi connectivity index (χ0v) is 9.62. The molecule has 1 aromatic rings. The number of aromatic amines is 1. The molecule has 4 nitrogen and oxygen atoms in total. The van der Waals surface area contributed by atoms with Crippen LogP contribution in [0.3, 0.4) is 0 Å². The molecule has 1 unspecified atom stereocenters. The Balaban J connectivity index is 2.05. The van der Waals surface area contributed by atoms with Crippen LogP contribution in [0.15, 0.2) is 12.4 Å². The molecule has 0 fully saturated rings. The van der Waals surface area contributed by atoms with Gasteiger partial charge in [-0.3, -0.25) is 0 Å². The standard InChI is InChI=1S/C11H21N3O/c1-3-10(9-15-2)12-6-4-5-11-13-7-8-14-11/h7-8,10,12H,3-6,9H2,1-2H3,(H,13,14). The van der Waals surface area contributed by atoms with E-state index in [4.69, 9.17) is 4.74 Å². The van der Waals surface area contributed by atoms with Gasteiger partial charge < -0.3 is 15.0 Å². The predicted octanol–water partition coefficient (Wildman–Crippen LogP) is 1.36. The van der Waals surface area contributed by atoms with E-state index in [2.05, 4.69) is 22.2 Å². The molecule has 15 heavy (non-hydrogen) atoms. The monoisotopic (exact) mass is 211 g/mol. The second-order valence-electron chi connectivity index (χ2n) is 3.65. The fourth-order valence-corrected chi connectivity index (χ4v) is 1.52. The van der Waals surface area contributed by atoms with E-state index in [0.29, 0.717) is 6.04 Å². The molecule has 4 heteroatoms. The minimum absolute atomic E-state index is 0.478. The number of methoxy groups -OCH3 is 1. The summed E-state index contributed by atoms with van der Waals surface area (Å²) < 4.78 is 5.12. The maximum Gasteiger partial charge on any atom is 0.106 e. The molecule has 0 spiro atoms. The molecule has 0 amide bonds. The van der Waals surface area contributed by atoms with E-state index in [9.17, 15) is 0 Å². The molecule has 0 aliphatic carbocycles. The number of aryl methyl sites for hydroxylation is 1. The Bertz CT molecular complexity index is 236. The van der Waals surface area contributed by atoms with Crippen LogP contribution in [0.2, 0.25) is 0 Å². The third-order valence-corrected chi connectivity index (χ3v) is 2.44. The molecule has 1 aromatic heterocycles. The van der Waals surface area contributed by atoms with Crippen LogP contribution in [0.25, 0.3) is 0 Å². The lowest BCUT2D eigenvalue weighted by Crippen LogP contribution is -2.33. The smallest absolute Gasteiger partial charge is 0.106 e. The molecule has 0 aliphatic rings. The summed E-state index contributed by atoms with van der Waals surface area (Å²) in [6.45, 7) is 3.98. The summed E-state index contributed by atoms with van der Waals surface area (Å²) in [6, 6.07) is 0.478. The summed E-state index contributed by atoms with van der Waals surface area (Å²) in [7, 11) is 1.74. The van der Waals surface area contributed by atoms with Crippen molar-refractivity contribution in [3.05, 3.63) is 18.2 Å². The maximum atomic E-state index is 5.12. The lowest BCUT2D eigenvalue weighted by molar-refractivity contribution is 0.164. The lowest BCUT2D eigenvalue weighted by Gasteiger charge is -2.15. The van der Waals surface area contributed by atoms with Crippen molar-refractivity contribution in [1.29, 1.82) is 0 Å². The Morgan fingerprint density at radius 1 is 1.60 bits per heavy atom. The van der Waals surface area contributed by atoms with Gasteiger partial charge in [0.05, 0.1) is 6.61 Å². The van der Waals surface area contributed by atoms with Crippen molar-refractivity contribution in [2.75, 3.05) is 20.3 Å². The van der Waals surface area contributed by atoms with E-state index in [-0.39, 0.29) is 0 Å². The van der Waals surface area contributed by atoms with Crippen molar-refractivity contribution in [3.63, 3.8) is 0 Å². The summed E-state index contributed by atoms with van der Waals surface area (Å²) >= 11 is 0. The lowest BCUT2D eigenvalue weighted by atomic mass is 10.2. The number of nitrogens with one attached hydrogen (secondary N) is 2. The van der Waals surface area contributed by atoms with Gasteiger partial charge in [-0.05, 0) is 19.4 Å². The van der Waals surface area contributed by atoms with Crippen LogP contribution in [0.4, 0.5) is 0 Å².